The first-order chi connectivity index (χ1) is 14.7. The molecule has 1 aromatic carbocycles. The minimum atomic E-state index is -0.565. The van der Waals surface area contributed by atoms with E-state index in [2.05, 4.69) is 22.4 Å². The highest BCUT2D eigenvalue weighted by atomic mass is 16.6. The smallest absolute Gasteiger partial charge is 0.357 e. The number of carbonyl (C=O) groups is 2. The van der Waals surface area contributed by atoms with E-state index >= 15 is 0 Å². The van der Waals surface area contributed by atoms with Gasteiger partial charge in [0, 0.05) is 30.9 Å². The quantitative estimate of drug-likeness (QED) is 0.756. The van der Waals surface area contributed by atoms with E-state index in [9.17, 15) is 9.59 Å². The molecule has 0 saturated carbocycles. The number of nitrogens with zero attached hydrogens (tertiary/aromatic N) is 2. The highest BCUT2D eigenvalue weighted by molar-refractivity contribution is 5.96. The van der Waals surface area contributed by atoms with Crippen molar-refractivity contribution in [2.45, 2.75) is 58.0 Å². The van der Waals surface area contributed by atoms with Gasteiger partial charge in [0.1, 0.15) is 5.60 Å². The molecule has 2 aliphatic rings. The number of nitrogens with one attached hydrogen (secondary N) is 1. The van der Waals surface area contributed by atoms with Crippen LogP contribution in [-0.2, 0) is 16.0 Å². The molecule has 1 amide bonds. The summed E-state index contributed by atoms with van der Waals surface area (Å²) < 4.78 is 5.64. The Hall–Kier alpha value is -2.73. The van der Waals surface area contributed by atoms with Gasteiger partial charge in [-0.15, -0.1) is 0 Å². The van der Waals surface area contributed by atoms with E-state index in [0.29, 0.717) is 12.1 Å². The van der Waals surface area contributed by atoms with Gasteiger partial charge in [0.25, 0.3) is 0 Å². The summed E-state index contributed by atoms with van der Waals surface area (Å²) in [6.07, 6.45) is 4.99. The highest BCUT2D eigenvalue weighted by Crippen LogP contribution is 2.35. The Morgan fingerprint density at radius 2 is 1.87 bits per heavy atom. The van der Waals surface area contributed by atoms with Gasteiger partial charge in [0.15, 0.2) is 5.69 Å². The summed E-state index contributed by atoms with van der Waals surface area (Å²) in [6, 6.07) is 8.30. The number of ether oxygens (including phenoxy) is 1. The first-order valence-corrected chi connectivity index (χ1v) is 11.1. The van der Waals surface area contributed by atoms with Crippen LogP contribution < -0.4 is 10.2 Å². The number of hydrogen-bond donors (Lipinski definition) is 1. The summed E-state index contributed by atoms with van der Waals surface area (Å²) in [5, 5.41) is 3.39. The Bertz CT molecular complexity index is 1000. The maximum Gasteiger partial charge on any atom is 0.357 e. The average Bonchev–Trinajstić information content (AvgIpc) is 2.75. The van der Waals surface area contributed by atoms with Gasteiger partial charge in [-0.1, -0.05) is 6.07 Å². The second-order valence-corrected chi connectivity index (χ2v) is 9.48. The molecule has 2 aromatic rings. The number of benzene rings is 1. The molecular weight excluding hydrogens is 390 g/mol. The lowest BCUT2D eigenvalue weighted by Crippen LogP contribution is -2.31. The molecule has 0 radical (unpaired) electrons. The maximum absolute atomic E-state index is 12.9. The molecule has 6 heteroatoms. The van der Waals surface area contributed by atoms with Crippen LogP contribution in [-0.4, -0.2) is 42.6 Å². The Kier molecular flexibility index (Phi) is 5.84. The fourth-order valence-electron chi connectivity index (χ4n) is 4.42. The van der Waals surface area contributed by atoms with Crippen molar-refractivity contribution >= 4 is 17.6 Å². The molecule has 1 fully saturated rings. The normalized spacial score (nSPS) is 17.4. The third kappa shape index (κ3) is 4.64. The van der Waals surface area contributed by atoms with Crippen LogP contribution in [0.15, 0.2) is 30.5 Å². The predicted molar refractivity (Wildman–Crippen MR) is 121 cm³/mol. The van der Waals surface area contributed by atoms with E-state index in [4.69, 9.17) is 4.74 Å². The second kappa shape index (κ2) is 8.42. The van der Waals surface area contributed by atoms with Gasteiger partial charge < -0.3 is 15.0 Å². The molecule has 1 N–H and O–H groups in total. The number of esters is 1. The summed E-state index contributed by atoms with van der Waals surface area (Å²) in [5.41, 5.74) is 5.01. The number of pyridine rings is 1. The minimum Gasteiger partial charge on any atom is -0.455 e. The van der Waals surface area contributed by atoms with Crippen LogP contribution in [0.25, 0.3) is 11.1 Å². The lowest BCUT2D eigenvalue weighted by Gasteiger charge is -2.27. The SMILES string of the molecule is CN1C(=O)CCc2cc(-c3cnc(C(=O)OC(C)(C)C)c(C4CCNCC4)c3)ccc21. The zero-order chi connectivity index (χ0) is 22.2. The van der Waals surface area contributed by atoms with Gasteiger partial charge in [-0.25, -0.2) is 9.78 Å². The molecule has 6 nitrogen and oxygen atoms in total. The molecular formula is C25H31N3O3. The van der Waals surface area contributed by atoms with Crippen molar-refractivity contribution in [2.24, 2.45) is 0 Å². The lowest BCUT2D eigenvalue weighted by molar-refractivity contribution is -0.118. The third-order valence-corrected chi connectivity index (χ3v) is 6.04. The molecule has 31 heavy (non-hydrogen) atoms. The van der Waals surface area contributed by atoms with Crippen molar-refractivity contribution in [3.8, 4) is 11.1 Å². The number of anilines is 1. The van der Waals surface area contributed by atoms with Gasteiger partial charge in [-0.05, 0) is 93.9 Å². The molecule has 1 aromatic heterocycles. The summed E-state index contributed by atoms with van der Waals surface area (Å²) in [4.78, 5) is 31.2. The van der Waals surface area contributed by atoms with Crippen molar-refractivity contribution in [2.75, 3.05) is 25.0 Å². The van der Waals surface area contributed by atoms with Crippen LogP contribution in [0, 0.1) is 0 Å². The van der Waals surface area contributed by atoms with Crippen LogP contribution in [0.4, 0.5) is 5.69 Å². The largest absolute Gasteiger partial charge is 0.455 e. The zero-order valence-electron chi connectivity index (χ0n) is 18.8. The summed E-state index contributed by atoms with van der Waals surface area (Å²) in [7, 11) is 1.83. The number of amides is 1. The van der Waals surface area contributed by atoms with E-state index < -0.39 is 5.60 Å². The topological polar surface area (TPSA) is 71.5 Å². The number of fused-ring (bicyclic) bond motifs is 1. The van der Waals surface area contributed by atoms with Crippen LogP contribution in [0.3, 0.4) is 0 Å². The van der Waals surface area contributed by atoms with Gasteiger partial charge in [-0.3, -0.25) is 4.79 Å². The summed E-state index contributed by atoms with van der Waals surface area (Å²) in [6.45, 7) is 7.48. The molecule has 0 bridgehead atoms. The molecule has 0 aliphatic carbocycles. The standard InChI is InChI=1S/C25H31N3O3/c1-25(2,3)31-24(30)23-20(16-9-11-26-12-10-16)14-19(15-27-23)17-5-7-21-18(13-17)6-8-22(29)28(21)4/h5,7,13-16,26H,6,8-12H2,1-4H3. The molecule has 0 atom stereocenters. The number of carbonyl (C=O) groups excluding carboxylic acids is 2. The van der Waals surface area contributed by atoms with Gasteiger partial charge in [0.05, 0.1) is 0 Å². The number of aryl methyl sites for hydroxylation is 1. The number of hydrogen-bond acceptors (Lipinski definition) is 5. The monoisotopic (exact) mass is 421 g/mol. The molecule has 3 heterocycles. The Labute approximate surface area is 184 Å². The van der Waals surface area contributed by atoms with Gasteiger partial charge in [0.2, 0.25) is 5.91 Å². The van der Waals surface area contributed by atoms with Crippen molar-refractivity contribution in [3.05, 3.63) is 47.3 Å². The van der Waals surface area contributed by atoms with E-state index in [1.807, 2.05) is 40.0 Å². The van der Waals surface area contributed by atoms with E-state index in [0.717, 1.165) is 54.7 Å². The van der Waals surface area contributed by atoms with Crippen LogP contribution in [0.2, 0.25) is 0 Å². The van der Waals surface area contributed by atoms with Gasteiger partial charge >= 0.3 is 5.97 Å². The number of rotatable bonds is 3. The first-order valence-electron chi connectivity index (χ1n) is 11.1. The molecule has 164 valence electrons. The van der Waals surface area contributed by atoms with E-state index in [1.165, 1.54) is 5.56 Å². The summed E-state index contributed by atoms with van der Waals surface area (Å²) >= 11 is 0. The third-order valence-electron chi connectivity index (χ3n) is 6.04. The van der Waals surface area contributed by atoms with Crippen molar-refractivity contribution < 1.29 is 14.3 Å². The highest BCUT2D eigenvalue weighted by Gasteiger charge is 2.27. The Morgan fingerprint density at radius 3 is 2.58 bits per heavy atom. The Balaban J connectivity index is 1.72. The molecule has 0 spiro atoms. The zero-order valence-corrected chi connectivity index (χ0v) is 18.8. The molecule has 1 saturated heterocycles. The number of aromatic nitrogens is 1. The van der Waals surface area contributed by atoms with E-state index in [-0.39, 0.29) is 17.8 Å². The lowest BCUT2D eigenvalue weighted by atomic mass is 9.87. The minimum absolute atomic E-state index is 0.150. The molecule has 4 rings (SSSR count). The van der Waals surface area contributed by atoms with Gasteiger partial charge in [-0.2, -0.15) is 0 Å². The van der Waals surface area contributed by atoms with E-state index in [1.54, 1.807) is 11.1 Å². The van der Waals surface area contributed by atoms with Crippen molar-refractivity contribution in [3.63, 3.8) is 0 Å². The van der Waals surface area contributed by atoms with Crippen molar-refractivity contribution in [1.82, 2.24) is 10.3 Å². The first kappa shape index (κ1) is 21.5. The maximum atomic E-state index is 12.9. The fraction of sp³-hybridized carbons (Fsp3) is 0.480. The number of piperidine rings is 1. The van der Waals surface area contributed by atoms with Crippen LogP contribution in [0.1, 0.15) is 67.6 Å². The predicted octanol–water partition coefficient (Wildman–Crippen LogP) is 4.08. The van der Waals surface area contributed by atoms with Crippen LogP contribution >= 0.6 is 0 Å². The Morgan fingerprint density at radius 1 is 1.13 bits per heavy atom. The summed E-state index contributed by atoms with van der Waals surface area (Å²) in [5.74, 6) is 0.0626. The van der Waals surface area contributed by atoms with Crippen LogP contribution in [0.5, 0.6) is 0 Å². The average molecular weight is 422 g/mol. The second-order valence-electron chi connectivity index (χ2n) is 9.48. The van der Waals surface area contributed by atoms with Crippen molar-refractivity contribution in [1.29, 1.82) is 0 Å². The fourth-order valence-corrected chi connectivity index (χ4v) is 4.42. The molecule has 2 aliphatic heterocycles. The molecule has 0 unspecified atom stereocenters.